The van der Waals surface area contributed by atoms with Crippen LogP contribution in [-0.2, 0) is 29.0 Å². The minimum absolute atomic E-state index is 0.0748. The molecule has 0 spiro atoms. The van der Waals surface area contributed by atoms with E-state index in [1.165, 1.54) is 11.1 Å². The van der Waals surface area contributed by atoms with Gasteiger partial charge >= 0.3 is 0 Å². The molecule has 6 heteroatoms. The highest BCUT2D eigenvalue weighted by molar-refractivity contribution is 5.89. The highest BCUT2D eigenvalue weighted by atomic mass is 16.3. The summed E-state index contributed by atoms with van der Waals surface area (Å²) in [6.45, 7) is 1.96. The smallest absolute Gasteiger partial charge is 0.237 e. The molecule has 158 valence electrons. The predicted molar refractivity (Wildman–Crippen MR) is 115 cm³/mol. The number of amides is 2. The summed E-state index contributed by atoms with van der Waals surface area (Å²) in [5.41, 5.74) is 3.68. The van der Waals surface area contributed by atoms with Crippen LogP contribution in [0.25, 0.3) is 0 Å². The zero-order valence-corrected chi connectivity index (χ0v) is 17.2. The molecule has 2 N–H and O–H groups in total. The number of nitrogens with one attached hydrogen (secondary N) is 1. The van der Waals surface area contributed by atoms with Crippen molar-refractivity contribution in [1.82, 2.24) is 15.1 Å². The topological polar surface area (TPSA) is 72.9 Å². The van der Waals surface area contributed by atoms with Crippen LogP contribution in [0, 0.1) is 0 Å². The standard InChI is InChI=1S/C24H29N3O3/c28-13-12-26(17-18-6-2-1-3-7-18)23(29)16-22-24(30)25-10-11-27(22)21-14-19-8-4-5-9-20(19)15-21/h1-9,21-22,28H,10-17H2,(H,25,30). The van der Waals surface area contributed by atoms with Crippen molar-refractivity contribution in [3.63, 3.8) is 0 Å². The molecule has 1 saturated heterocycles. The summed E-state index contributed by atoms with van der Waals surface area (Å²) < 4.78 is 0. The van der Waals surface area contributed by atoms with Crippen LogP contribution in [-0.4, -0.2) is 65.0 Å². The van der Waals surface area contributed by atoms with E-state index in [0.717, 1.165) is 24.9 Å². The van der Waals surface area contributed by atoms with Crippen LogP contribution in [0.1, 0.15) is 23.1 Å². The summed E-state index contributed by atoms with van der Waals surface area (Å²) in [4.78, 5) is 29.7. The van der Waals surface area contributed by atoms with Gasteiger partial charge in [-0.1, -0.05) is 54.6 Å². The van der Waals surface area contributed by atoms with Gasteiger partial charge in [0.25, 0.3) is 0 Å². The van der Waals surface area contributed by atoms with Crippen molar-refractivity contribution < 1.29 is 14.7 Å². The minimum Gasteiger partial charge on any atom is -0.395 e. The van der Waals surface area contributed by atoms with E-state index >= 15 is 0 Å². The van der Waals surface area contributed by atoms with Gasteiger partial charge in [0, 0.05) is 32.2 Å². The molecule has 2 aromatic carbocycles. The van der Waals surface area contributed by atoms with Crippen molar-refractivity contribution in [1.29, 1.82) is 0 Å². The number of aliphatic hydroxyl groups excluding tert-OH is 1. The van der Waals surface area contributed by atoms with Gasteiger partial charge in [-0.3, -0.25) is 14.5 Å². The van der Waals surface area contributed by atoms with Gasteiger partial charge in [-0.25, -0.2) is 0 Å². The number of carbonyl (C=O) groups excluding carboxylic acids is 2. The van der Waals surface area contributed by atoms with Gasteiger partial charge in [-0.15, -0.1) is 0 Å². The van der Waals surface area contributed by atoms with Gasteiger partial charge in [-0.2, -0.15) is 0 Å². The Balaban J connectivity index is 1.47. The first-order valence-corrected chi connectivity index (χ1v) is 10.7. The Bertz CT molecular complexity index is 861. The molecule has 30 heavy (non-hydrogen) atoms. The van der Waals surface area contributed by atoms with Crippen molar-refractivity contribution in [3.05, 3.63) is 71.3 Å². The maximum Gasteiger partial charge on any atom is 0.237 e. The minimum atomic E-state index is -0.470. The van der Waals surface area contributed by atoms with Gasteiger partial charge in [0.2, 0.25) is 11.8 Å². The van der Waals surface area contributed by atoms with Gasteiger partial charge in [0.1, 0.15) is 0 Å². The monoisotopic (exact) mass is 407 g/mol. The fraction of sp³-hybridized carbons (Fsp3) is 0.417. The molecule has 1 fully saturated rings. The van der Waals surface area contributed by atoms with Crippen molar-refractivity contribution in [3.8, 4) is 0 Å². The zero-order chi connectivity index (χ0) is 20.9. The predicted octanol–water partition coefficient (Wildman–Crippen LogP) is 1.37. The largest absolute Gasteiger partial charge is 0.395 e. The molecule has 6 nitrogen and oxygen atoms in total. The third kappa shape index (κ3) is 4.55. The zero-order valence-electron chi connectivity index (χ0n) is 17.2. The van der Waals surface area contributed by atoms with Crippen LogP contribution in [0.5, 0.6) is 0 Å². The van der Waals surface area contributed by atoms with Crippen LogP contribution >= 0.6 is 0 Å². The number of nitrogens with zero attached hydrogens (tertiary/aromatic N) is 2. The Morgan fingerprint density at radius 3 is 2.40 bits per heavy atom. The van der Waals surface area contributed by atoms with Crippen LogP contribution in [0.3, 0.4) is 0 Å². The highest BCUT2D eigenvalue weighted by Crippen LogP contribution is 2.28. The van der Waals surface area contributed by atoms with Crippen molar-refractivity contribution >= 4 is 11.8 Å². The van der Waals surface area contributed by atoms with Crippen LogP contribution in [0.2, 0.25) is 0 Å². The first kappa shape index (κ1) is 20.6. The number of hydrogen-bond acceptors (Lipinski definition) is 4. The van der Waals surface area contributed by atoms with Crippen LogP contribution in [0.15, 0.2) is 54.6 Å². The van der Waals surface area contributed by atoms with E-state index in [4.69, 9.17) is 0 Å². The normalized spacial score (nSPS) is 19.4. The highest BCUT2D eigenvalue weighted by Gasteiger charge is 2.38. The lowest BCUT2D eigenvalue weighted by Crippen LogP contribution is -2.60. The van der Waals surface area contributed by atoms with Crippen LogP contribution < -0.4 is 5.32 Å². The third-order valence-electron chi connectivity index (χ3n) is 6.18. The molecular weight excluding hydrogens is 378 g/mol. The van der Waals surface area contributed by atoms with Crippen molar-refractivity contribution in [2.75, 3.05) is 26.2 Å². The Kier molecular flexibility index (Phi) is 6.45. The molecule has 2 aliphatic rings. The summed E-state index contributed by atoms with van der Waals surface area (Å²) in [5.74, 6) is -0.176. The molecule has 0 saturated carbocycles. The Morgan fingerprint density at radius 1 is 1.07 bits per heavy atom. The summed E-state index contributed by atoms with van der Waals surface area (Å²) in [7, 11) is 0. The molecule has 1 heterocycles. The van der Waals surface area contributed by atoms with E-state index in [9.17, 15) is 14.7 Å². The number of piperazine rings is 1. The van der Waals surface area contributed by atoms with E-state index < -0.39 is 6.04 Å². The van der Waals surface area contributed by atoms with Crippen LogP contribution in [0.4, 0.5) is 0 Å². The van der Waals surface area contributed by atoms with Gasteiger partial charge in [-0.05, 0) is 29.5 Å². The van der Waals surface area contributed by atoms with Gasteiger partial charge in [0.05, 0.1) is 19.1 Å². The summed E-state index contributed by atoms with van der Waals surface area (Å²) in [5, 5.41) is 12.4. The first-order chi connectivity index (χ1) is 14.7. The number of fused-ring (bicyclic) bond motifs is 1. The number of carbonyl (C=O) groups is 2. The number of aliphatic hydroxyl groups is 1. The first-order valence-electron chi connectivity index (χ1n) is 10.7. The maximum absolute atomic E-state index is 13.1. The molecule has 0 bridgehead atoms. The maximum atomic E-state index is 13.1. The average Bonchev–Trinajstić information content (AvgIpc) is 3.19. The summed E-state index contributed by atoms with van der Waals surface area (Å²) >= 11 is 0. The van der Waals surface area contributed by atoms with E-state index in [0.29, 0.717) is 13.1 Å². The lowest BCUT2D eigenvalue weighted by molar-refractivity contribution is -0.140. The molecule has 1 aliphatic carbocycles. The van der Waals surface area contributed by atoms with Gasteiger partial charge in [0.15, 0.2) is 0 Å². The molecule has 2 amide bonds. The summed E-state index contributed by atoms with van der Waals surface area (Å²) in [6.07, 6.45) is 1.96. The number of hydrogen-bond donors (Lipinski definition) is 2. The van der Waals surface area contributed by atoms with E-state index in [1.54, 1.807) is 4.90 Å². The Morgan fingerprint density at radius 2 is 1.73 bits per heavy atom. The Labute approximate surface area is 177 Å². The second kappa shape index (κ2) is 9.41. The number of rotatable bonds is 7. The third-order valence-corrected chi connectivity index (χ3v) is 6.18. The SMILES string of the molecule is O=C1NCCN(C2Cc3ccccc3C2)C1CC(=O)N(CCO)Cc1ccccc1. The molecule has 2 aromatic rings. The molecule has 1 unspecified atom stereocenters. The molecule has 0 radical (unpaired) electrons. The van der Waals surface area contributed by atoms with Crippen molar-refractivity contribution in [2.45, 2.75) is 37.9 Å². The molecule has 0 aromatic heterocycles. The van der Waals surface area contributed by atoms with E-state index in [2.05, 4.69) is 34.5 Å². The summed E-state index contributed by atoms with van der Waals surface area (Å²) in [6, 6.07) is 17.9. The molecule has 4 rings (SSSR count). The fourth-order valence-electron chi connectivity index (χ4n) is 4.66. The molecular formula is C24H29N3O3. The fourth-order valence-corrected chi connectivity index (χ4v) is 4.66. The molecule has 1 atom stereocenters. The van der Waals surface area contributed by atoms with E-state index in [1.807, 2.05) is 30.3 Å². The quantitative estimate of drug-likeness (QED) is 0.727. The van der Waals surface area contributed by atoms with Crippen molar-refractivity contribution in [2.24, 2.45) is 0 Å². The Hall–Kier alpha value is -2.70. The van der Waals surface area contributed by atoms with E-state index in [-0.39, 0.29) is 37.4 Å². The molecule has 1 aliphatic heterocycles. The van der Waals surface area contributed by atoms with Gasteiger partial charge < -0.3 is 15.3 Å². The second-order valence-corrected chi connectivity index (χ2v) is 8.10. The number of benzene rings is 2. The lowest BCUT2D eigenvalue weighted by Gasteiger charge is -2.39. The average molecular weight is 408 g/mol. The lowest BCUT2D eigenvalue weighted by atomic mass is 10.0. The second-order valence-electron chi connectivity index (χ2n) is 8.10.